The summed E-state index contributed by atoms with van der Waals surface area (Å²) < 4.78 is 12.9. The Morgan fingerprint density at radius 2 is 1.90 bits per heavy atom. The first-order valence-electron chi connectivity index (χ1n) is 7.21. The zero-order valence-corrected chi connectivity index (χ0v) is 12.4. The Kier molecular flexibility index (Phi) is 5.28. The predicted molar refractivity (Wildman–Crippen MR) is 82.6 cm³/mol. The topological polar surface area (TPSA) is 36.4 Å². The molecule has 1 aromatic carbocycles. The zero-order valence-electron chi connectivity index (χ0n) is 12.4. The Balaban J connectivity index is 2.05. The van der Waals surface area contributed by atoms with Gasteiger partial charge in [0.15, 0.2) is 0 Å². The van der Waals surface area contributed by atoms with E-state index in [1.54, 1.807) is 0 Å². The Morgan fingerprint density at radius 3 is 2.48 bits per heavy atom. The molecule has 0 aliphatic rings. The van der Waals surface area contributed by atoms with Gasteiger partial charge in [0, 0.05) is 24.7 Å². The van der Waals surface area contributed by atoms with Crippen LogP contribution in [0.3, 0.4) is 0 Å². The SMILES string of the molecule is CCN(CC(C)C(O)c1ccc(F)cn1)c1ccccc1. The van der Waals surface area contributed by atoms with Gasteiger partial charge in [0.2, 0.25) is 0 Å². The van der Waals surface area contributed by atoms with E-state index < -0.39 is 11.9 Å². The van der Waals surface area contributed by atoms with Crippen LogP contribution in [0, 0.1) is 11.7 Å². The summed E-state index contributed by atoms with van der Waals surface area (Å²) >= 11 is 0. The number of hydrogen-bond acceptors (Lipinski definition) is 3. The number of aliphatic hydroxyl groups is 1. The van der Waals surface area contributed by atoms with Gasteiger partial charge in [-0.15, -0.1) is 0 Å². The van der Waals surface area contributed by atoms with Gasteiger partial charge in [-0.25, -0.2) is 4.39 Å². The van der Waals surface area contributed by atoms with E-state index in [0.717, 1.165) is 18.4 Å². The van der Waals surface area contributed by atoms with Crippen molar-refractivity contribution in [1.82, 2.24) is 4.98 Å². The summed E-state index contributed by atoms with van der Waals surface area (Å²) in [4.78, 5) is 6.17. The normalized spacial score (nSPS) is 13.7. The van der Waals surface area contributed by atoms with Crippen molar-refractivity contribution in [3.63, 3.8) is 0 Å². The van der Waals surface area contributed by atoms with Gasteiger partial charge in [0.25, 0.3) is 0 Å². The molecule has 21 heavy (non-hydrogen) atoms. The number of benzene rings is 1. The number of anilines is 1. The molecule has 1 aromatic heterocycles. The summed E-state index contributed by atoms with van der Waals surface area (Å²) in [6, 6.07) is 13.0. The second kappa shape index (κ2) is 7.18. The molecule has 0 saturated heterocycles. The van der Waals surface area contributed by atoms with E-state index >= 15 is 0 Å². The molecule has 1 heterocycles. The summed E-state index contributed by atoms with van der Waals surface area (Å²) in [6.07, 6.45) is 0.434. The lowest BCUT2D eigenvalue weighted by Crippen LogP contribution is -2.31. The number of rotatable bonds is 6. The molecule has 2 rings (SSSR count). The van der Waals surface area contributed by atoms with Crippen molar-refractivity contribution in [1.29, 1.82) is 0 Å². The summed E-state index contributed by atoms with van der Waals surface area (Å²) in [5, 5.41) is 10.4. The number of pyridine rings is 1. The van der Waals surface area contributed by atoms with Crippen LogP contribution >= 0.6 is 0 Å². The van der Waals surface area contributed by atoms with Gasteiger partial charge < -0.3 is 10.0 Å². The standard InChI is InChI=1S/C17H21FN2O/c1-3-20(15-7-5-4-6-8-15)12-13(2)17(21)16-10-9-14(18)11-19-16/h4-11,13,17,21H,3,12H2,1-2H3. The Hall–Kier alpha value is -1.94. The molecule has 0 bridgehead atoms. The lowest BCUT2D eigenvalue weighted by atomic mass is 10.0. The van der Waals surface area contributed by atoms with Crippen LogP contribution < -0.4 is 4.90 Å². The highest BCUT2D eigenvalue weighted by Crippen LogP contribution is 2.23. The first kappa shape index (κ1) is 15.4. The van der Waals surface area contributed by atoms with Crippen LogP contribution in [0.25, 0.3) is 0 Å². The number of hydrogen-bond donors (Lipinski definition) is 1. The van der Waals surface area contributed by atoms with E-state index in [1.807, 2.05) is 25.1 Å². The van der Waals surface area contributed by atoms with Crippen molar-refractivity contribution in [3.8, 4) is 0 Å². The van der Waals surface area contributed by atoms with E-state index in [1.165, 1.54) is 12.1 Å². The van der Waals surface area contributed by atoms with Gasteiger partial charge in [-0.1, -0.05) is 25.1 Å². The third-order valence-electron chi connectivity index (χ3n) is 3.60. The maximum absolute atomic E-state index is 12.9. The molecule has 112 valence electrons. The van der Waals surface area contributed by atoms with E-state index in [-0.39, 0.29) is 5.92 Å². The average Bonchev–Trinajstić information content (AvgIpc) is 2.53. The van der Waals surface area contributed by atoms with Gasteiger partial charge in [0.05, 0.1) is 11.9 Å². The Labute approximate surface area is 125 Å². The van der Waals surface area contributed by atoms with Crippen LogP contribution in [-0.2, 0) is 0 Å². The molecule has 0 aliphatic heterocycles. The van der Waals surface area contributed by atoms with Crippen LogP contribution in [0.5, 0.6) is 0 Å². The number of aliphatic hydroxyl groups excluding tert-OH is 1. The van der Waals surface area contributed by atoms with Gasteiger partial charge in [0.1, 0.15) is 11.9 Å². The minimum Gasteiger partial charge on any atom is -0.386 e. The highest BCUT2D eigenvalue weighted by molar-refractivity contribution is 5.45. The highest BCUT2D eigenvalue weighted by Gasteiger charge is 2.20. The molecule has 4 heteroatoms. The molecule has 0 saturated carbocycles. The Bertz CT molecular complexity index is 544. The smallest absolute Gasteiger partial charge is 0.141 e. The van der Waals surface area contributed by atoms with Crippen LogP contribution in [0.1, 0.15) is 25.6 Å². The first-order valence-corrected chi connectivity index (χ1v) is 7.21. The van der Waals surface area contributed by atoms with Crippen molar-refractivity contribution in [2.75, 3.05) is 18.0 Å². The summed E-state index contributed by atoms with van der Waals surface area (Å²) in [5.41, 5.74) is 1.64. The van der Waals surface area contributed by atoms with Gasteiger partial charge in [-0.2, -0.15) is 0 Å². The van der Waals surface area contributed by atoms with Crippen LogP contribution in [-0.4, -0.2) is 23.2 Å². The van der Waals surface area contributed by atoms with E-state index in [2.05, 4.69) is 28.9 Å². The molecule has 2 unspecified atom stereocenters. The van der Waals surface area contributed by atoms with Crippen molar-refractivity contribution in [3.05, 3.63) is 60.2 Å². The molecule has 0 amide bonds. The second-order valence-corrected chi connectivity index (χ2v) is 5.20. The van der Waals surface area contributed by atoms with E-state index in [9.17, 15) is 9.50 Å². The predicted octanol–water partition coefficient (Wildman–Crippen LogP) is 3.42. The zero-order chi connectivity index (χ0) is 15.2. The summed E-state index contributed by atoms with van der Waals surface area (Å²) in [7, 11) is 0. The molecule has 0 radical (unpaired) electrons. The fourth-order valence-corrected chi connectivity index (χ4v) is 2.36. The fourth-order valence-electron chi connectivity index (χ4n) is 2.36. The van der Waals surface area contributed by atoms with Crippen molar-refractivity contribution < 1.29 is 9.50 Å². The van der Waals surface area contributed by atoms with Crippen molar-refractivity contribution >= 4 is 5.69 Å². The molecular formula is C17H21FN2O. The molecule has 0 spiro atoms. The van der Waals surface area contributed by atoms with Crippen LogP contribution in [0.4, 0.5) is 10.1 Å². The third kappa shape index (κ3) is 4.02. The second-order valence-electron chi connectivity index (χ2n) is 5.20. The quantitative estimate of drug-likeness (QED) is 0.885. The monoisotopic (exact) mass is 288 g/mol. The average molecular weight is 288 g/mol. The number of aromatic nitrogens is 1. The third-order valence-corrected chi connectivity index (χ3v) is 3.60. The highest BCUT2D eigenvalue weighted by atomic mass is 19.1. The van der Waals surface area contributed by atoms with Gasteiger partial charge in [-0.3, -0.25) is 4.98 Å². The lowest BCUT2D eigenvalue weighted by Gasteiger charge is -2.28. The minimum atomic E-state index is -0.705. The molecule has 1 N–H and O–H groups in total. The van der Waals surface area contributed by atoms with Gasteiger partial charge >= 0.3 is 0 Å². The maximum Gasteiger partial charge on any atom is 0.141 e. The van der Waals surface area contributed by atoms with E-state index in [0.29, 0.717) is 12.2 Å². The lowest BCUT2D eigenvalue weighted by molar-refractivity contribution is 0.116. The molecule has 3 nitrogen and oxygen atoms in total. The van der Waals surface area contributed by atoms with Gasteiger partial charge in [-0.05, 0) is 31.2 Å². The summed E-state index contributed by atoms with van der Waals surface area (Å²) in [6.45, 7) is 5.63. The molecule has 0 fully saturated rings. The number of nitrogens with zero attached hydrogens (tertiary/aromatic N) is 2. The largest absolute Gasteiger partial charge is 0.386 e. The summed E-state index contributed by atoms with van der Waals surface area (Å²) in [5.74, 6) is -0.402. The van der Waals surface area contributed by atoms with Crippen molar-refractivity contribution in [2.24, 2.45) is 5.92 Å². The Morgan fingerprint density at radius 1 is 1.19 bits per heavy atom. The van der Waals surface area contributed by atoms with Crippen molar-refractivity contribution in [2.45, 2.75) is 20.0 Å². The molecule has 2 aromatic rings. The molecular weight excluding hydrogens is 267 g/mol. The molecule has 0 aliphatic carbocycles. The van der Waals surface area contributed by atoms with Crippen LogP contribution in [0.15, 0.2) is 48.7 Å². The first-order chi connectivity index (χ1) is 10.1. The minimum absolute atomic E-state index is 0.0110. The number of para-hydroxylation sites is 1. The molecule has 2 atom stereocenters. The van der Waals surface area contributed by atoms with E-state index in [4.69, 9.17) is 0 Å². The number of halogens is 1. The van der Waals surface area contributed by atoms with Crippen LogP contribution in [0.2, 0.25) is 0 Å². The fraction of sp³-hybridized carbons (Fsp3) is 0.353. The maximum atomic E-state index is 12.9.